The maximum atomic E-state index is 13.8. The Labute approximate surface area is 117 Å². The van der Waals surface area contributed by atoms with Crippen molar-refractivity contribution in [1.82, 2.24) is 9.55 Å². The second kappa shape index (κ2) is 5.23. The number of aliphatic carboxylic acids is 1. The van der Waals surface area contributed by atoms with Crippen LogP contribution < -0.4 is 0 Å². The van der Waals surface area contributed by atoms with Crippen LogP contribution in [0.3, 0.4) is 0 Å². The zero-order valence-corrected chi connectivity index (χ0v) is 12.0. The van der Waals surface area contributed by atoms with Crippen molar-refractivity contribution in [1.29, 1.82) is 0 Å². The van der Waals surface area contributed by atoms with Crippen LogP contribution in [0.4, 0.5) is 4.39 Å². The van der Waals surface area contributed by atoms with Crippen molar-refractivity contribution in [3.8, 4) is 0 Å². The van der Waals surface area contributed by atoms with Gasteiger partial charge in [-0.2, -0.15) is 0 Å². The van der Waals surface area contributed by atoms with Crippen LogP contribution >= 0.6 is 0 Å². The molecule has 0 aliphatic heterocycles. The van der Waals surface area contributed by atoms with Gasteiger partial charge >= 0.3 is 5.97 Å². The van der Waals surface area contributed by atoms with E-state index in [0.717, 1.165) is 11.3 Å². The fourth-order valence-corrected chi connectivity index (χ4v) is 2.55. The lowest BCUT2D eigenvalue weighted by Crippen LogP contribution is -2.21. The lowest BCUT2D eigenvalue weighted by Gasteiger charge is -2.22. The van der Waals surface area contributed by atoms with Gasteiger partial charge in [0.1, 0.15) is 11.3 Å². The van der Waals surface area contributed by atoms with Gasteiger partial charge in [0.25, 0.3) is 0 Å². The molecule has 2 aromatic rings. The SMILES string of the molecule is CCn1c(CC(C)(C)CC(=O)O)nc2c(F)cccc21. The quantitative estimate of drug-likeness (QED) is 0.913. The summed E-state index contributed by atoms with van der Waals surface area (Å²) < 4.78 is 15.7. The molecule has 0 aliphatic rings. The van der Waals surface area contributed by atoms with Gasteiger partial charge < -0.3 is 9.67 Å². The monoisotopic (exact) mass is 278 g/mol. The van der Waals surface area contributed by atoms with Crippen molar-refractivity contribution < 1.29 is 14.3 Å². The number of benzene rings is 1. The Hall–Kier alpha value is -1.91. The van der Waals surface area contributed by atoms with Crippen molar-refractivity contribution in [3.63, 3.8) is 0 Å². The Kier molecular flexibility index (Phi) is 3.79. The van der Waals surface area contributed by atoms with Crippen LogP contribution in [0.15, 0.2) is 18.2 Å². The zero-order chi connectivity index (χ0) is 14.9. The number of nitrogens with zero attached hydrogens (tertiary/aromatic N) is 2. The number of aromatic nitrogens is 2. The topological polar surface area (TPSA) is 55.1 Å². The Morgan fingerprint density at radius 2 is 2.15 bits per heavy atom. The van der Waals surface area contributed by atoms with E-state index in [2.05, 4.69) is 4.98 Å². The van der Waals surface area contributed by atoms with Crippen molar-refractivity contribution >= 4 is 17.0 Å². The van der Waals surface area contributed by atoms with Crippen LogP contribution in [-0.4, -0.2) is 20.6 Å². The number of carbonyl (C=O) groups is 1. The van der Waals surface area contributed by atoms with Crippen LogP contribution in [0.2, 0.25) is 0 Å². The number of aryl methyl sites for hydroxylation is 1. The molecular weight excluding hydrogens is 259 g/mol. The van der Waals surface area contributed by atoms with Gasteiger partial charge in [0.05, 0.1) is 11.9 Å². The van der Waals surface area contributed by atoms with Crippen molar-refractivity contribution in [2.75, 3.05) is 0 Å². The molecule has 108 valence electrons. The highest BCUT2D eigenvalue weighted by atomic mass is 19.1. The van der Waals surface area contributed by atoms with Crippen LogP contribution in [0.25, 0.3) is 11.0 Å². The number of para-hydroxylation sites is 1. The lowest BCUT2D eigenvalue weighted by atomic mass is 9.85. The van der Waals surface area contributed by atoms with Gasteiger partial charge in [0.2, 0.25) is 0 Å². The minimum Gasteiger partial charge on any atom is -0.481 e. The third-order valence-corrected chi connectivity index (χ3v) is 3.39. The fraction of sp³-hybridized carbons (Fsp3) is 0.467. The molecule has 0 amide bonds. The van der Waals surface area contributed by atoms with Crippen molar-refractivity contribution in [3.05, 3.63) is 29.8 Å². The molecule has 0 aliphatic carbocycles. The zero-order valence-electron chi connectivity index (χ0n) is 12.0. The molecule has 2 rings (SSSR count). The normalized spacial score (nSPS) is 12.0. The number of hydrogen-bond acceptors (Lipinski definition) is 2. The number of rotatable bonds is 5. The number of fused-ring (bicyclic) bond motifs is 1. The van der Waals surface area contributed by atoms with Gasteiger partial charge in [-0.15, -0.1) is 0 Å². The Bertz CT molecular complexity index is 647. The van der Waals surface area contributed by atoms with Crippen LogP contribution in [-0.2, 0) is 17.8 Å². The molecular formula is C15H19FN2O2. The molecule has 0 bridgehead atoms. The lowest BCUT2D eigenvalue weighted by molar-refractivity contribution is -0.139. The molecule has 4 nitrogen and oxygen atoms in total. The molecule has 1 N–H and O–H groups in total. The van der Waals surface area contributed by atoms with Crippen LogP contribution in [0.5, 0.6) is 0 Å². The van der Waals surface area contributed by atoms with Crippen molar-refractivity contribution in [2.24, 2.45) is 5.41 Å². The fourth-order valence-electron chi connectivity index (χ4n) is 2.55. The number of halogens is 1. The van der Waals surface area contributed by atoms with E-state index >= 15 is 0 Å². The Morgan fingerprint density at radius 1 is 1.45 bits per heavy atom. The van der Waals surface area contributed by atoms with Gasteiger partial charge in [0.15, 0.2) is 5.82 Å². The number of carboxylic acids is 1. The number of hydrogen-bond donors (Lipinski definition) is 1. The first-order chi connectivity index (χ1) is 9.34. The molecule has 0 unspecified atom stereocenters. The molecule has 1 heterocycles. The highest BCUT2D eigenvalue weighted by Gasteiger charge is 2.25. The van der Waals surface area contributed by atoms with E-state index in [0.29, 0.717) is 18.5 Å². The highest BCUT2D eigenvalue weighted by molar-refractivity contribution is 5.76. The molecule has 1 aromatic heterocycles. The molecule has 0 saturated carbocycles. The minimum atomic E-state index is -0.833. The van der Waals surface area contributed by atoms with E-state index in [1.807, 2.05) is 31.4 Å². The number of carboxylic acid groups (broad SMARTS) is 1. The van der Waals surface area contributed by atoms with Gasteiger partial charge in [-0.3, -0.25) is 4.79 Å². The minimum absolute atomic E-state index is 0.0579. The maximum Gasteiger partial charge on any atom is 0.303 e. The van der Waals surface area contributed by atoms with Crippen LogP contribution in [0, 0.1) is 11.2 Å². The average Bonchev–Trinajstić information content (AvgIpc) is 2.65. The highest BCUT2D eigenvalue weighted by Crippen LogP contribution is 2.28. The standard InChI is InChI=1S/C15H19FN2O2/c1-4-18-11-7-5-6-10(16)14(11)17-12(18)8-15(2,3)9-13(19)20/h5-7H,4,8-9H2,1-3H3,(H,19,20). The second-order valence-corrected chi connectivity index (χ2v) is 5.79. The first kappa shape index (κ1) is 14.5. The summed E-state index contributed by atoms with van der Waals surface area (Å²) in [6, 6.07) is 4.89. The molecule has 0 atom stereocenters. The Balaban J connectivity index is 2.44. The summed E-state index contributed by atoms with van der Waals surface area (Å²) in [5, 5.41) is 8.95. The van der Waals surface area contributed by atoms with E-state index in [1.165, 1.54) is 6.07 Å². The third-order valence-electron chi connectivity index (χ3n) is 3.39. The van der Waals surface area contributed by atoms with Gasteiger partial charge in [-0.25, -0.2) is 9.37 Å². The molecule has 0 spiro atoms. The van der Waals surface area contributed by atoms with Gasteiger partial charge in [0, 0.05) is 13.0 Å². The predicted octanol–water partition coefficient (Wildman–Crippen LogP) is 3.24. The largest absolute Gasteiger partial charge is 0.481 e. The third kappa shape index (κ3) is 2.81. The summed E-state index contributed by atoms with van der Waals surface area (Å²) in [5.41, 5.74) is 0.695. The summed E-state index contributed by atoms with van der Waals surface area (Å²) in [7, 11) is 0. The molecule has 0 fully saturated rings. The van der Waals surface area contributed by atoms with E-state index in [9.17, 15) is 9.18 Å². The smallest absolute Gasteiger partial charge is 0.303 e. The van der Waals surface area contributed by atoms with Crippen molar-refractivity contribution in [2.45, 2.75) is 40.2 Å². The second-order valence-electron chi connectivity index (χ2n) is 5.79. The predicted molar refractivity (Wildman–Crippen MR) is 75.1 cm³/mol. The van der Waals surface area contributed by atoms with Crippen LogP contribution in [0.1, 0.15) is 33.0 Å². The molecule has 0 radical (unpaired) electrons. The van der Waals surface area contributed by atoms with E-state index in [1.54, 1.807) is 6.07 Å². The van der Waals surface area contributed by atoms with Gasteiger partial charge in [-0.1, -0.05) is 19.9 Å². The summed E-state index contributed by atoms with van der Waals surface area (Å²) in [4.78, 5) is 15.3. The first-order valence-electron chi connectivity index (χ1n) is 6.69. The summed E-state index contributed by atoms with van der Waals surface area (Å²) >= 11 is 0. The van der Waals surface area contributed by atoms with E-state index in [4.69, 9.17) is 5.11 Å². The van der Waals surface area contributed by atoms with Gasteiger partial charge in [-0.05, 0) is 24.5 Å². The Morgan fingerprint density at radius 3 is 2.75 bits per heavy atom. The summed E-state index contributed by atoms with van der Waals surface area (Å²) in [6.45, 7) is 6.42. The van der Waals surface area contributed by atoms with E-state index < -0.39 is 11.4 Å². The molecule has 1 aromatic carbocycles. The molecule has 0 saturated heterocycles. The average molecular weight is 278 g/mol. The first-order valence-corrected chi connectivity index (χ1v) is 6.69. The molecule has 20 heavy (non-hydrogen) atoms. The maximum absolute atomic E-state index is 13.8. The number of imidazole rings is 1. The summed E-state index contributed by atoms with van der Waals surface area (Å²) in [5.74, 6) is -0.439. The molecule has 5 heteroatoms. The summed E-state index contributed by atoms with van der Waals surface area (Å²) in [6.07, 6.45) is 0.559. The van der Waals surface area contributed by atoms with E-state index in [-0.39, 0.29) is 12.2 Å².